The molecule has 1 aromatic carbocycles. The molecule has 0 aromatic heterocycles. The maximum absolute atomic E-state index is 9.36. The molecule has 0 saturated heterocycles. The van der Waals surface area contributed by atoms with Crippen molar-refractivity contribution < 1.29 is 5.11 Å². The monoisotopic (exact) mass is 147 g/mol. The van der Waals surface area contributed by atoms with Gasteiger partial charge in [0.2, 0.25) is 0 Å². The van der Waals surface area contributed by atoms with E-state index in [2.05, 4.69) is 4.99 Å². The summed E-state index contributed by atoms with van der Waals surface area (Å²) in [5.41, 5.74) is 2.91. The van der Waals surface area contributed by atoms with E-state index in [4.69, 9.17) is 0 Å². The lowest BCUT2D eigenvalue weighted by molar-refractivity contribution is 0.192. The molecule has 1 heterocycles. The minimum Gasteiger partial charge on any atom is -0.368 e. The zero-order valence-corrected chi connectivity index (χ0v) is 6.28. The van der Waals surface area contributed by atoms with E-state index in [1.165, 1.54) is 0 Å². The third-order valence-corrected chi connectivity index (χ3v) is 1.94. The van der Waals surface area contributed by atoms with E-state index in [0.717, 1.165) is 16.8 Å². The number of aliphatic imine (C=N–C) groups is 1. The van der Waals surface area contributed by atoms with Gasteiger partial charge in [-0.25, -0.2) is 0 Å². The molecule has 2 heteroatoms. The highest BCUT2D eigenvalue weighted by Gasteiger charge is 2.18. The molecule has 11 heavy (non-hydrogen) atoms. The van der Waals surface area contributed by atoms with Crippen LogP contribution in [0.25, 0.3) is 0 Å². The molecule has 1 N–H and O–H groups in total. The van der Waals surface area contributed by atoms with E-state index in [9.17, 15) is 5.11 Å². The summed E-state index contributed by atoms with van der Waals surface area (Å²) in [6, 6.07) is 7.75. The number of nitrogens with zero attached hydrogens (tertiary/aromatic N) is 1. The molecule has 1 atom stereocenters. The lowest BCUT2D eigenvalue weighted by atomic mass is 10.1. The van der Waals surface area contributed by atoms with Crippen molar-refractivity contribution in [3.63, 3.8) is 0 Å². The molecule has 0 saturated carbocycles. The zero-order valence-electron chi connectivity index (χ0n) is 6.28. The Balaban J connectivity index is 2.62. The Morgan fingerprint density at radius 1 is 1.36 bits per heavy atom. The van der Waals surface area contributed by atoms with Crippen LogP contribution in [0, 0.1) is 0 Å². The normalized spacial score (nSPS) is 21.3. The Morgan fingerprint density at radius 3 is 2.82 bits per heavy atom. The van der Waals surface area contributed by atoms with E-state index in [1.54, 1.807) is 0 Å². The van der Waals surface area contributed by atoms with Crippen molar-refractivity contribution >= 4 is 5.71 Å². The highest BCUT2D eigenvalue weighted by molar-refractivity contribution is 6.02. The first-order chi connectivity index (χ1) is 5.29. The number of aliphatic hydroxyl groups excluding tert-OH is 1. The predicted molar refractivity (Wildman–Crippen MR) is 43.6 cm³/mol. The second-order valence-corrected chi connectivity index (χ2v) is 2.68. The number of fused-ring (bicyclic) bond motifs is 1. The summed E-state index contributed by atoms with van der Waals surface area (Å²) in [4.78, 5) is 4.03. The summed E-state index contributed by atoms with van der Waals surface area (Å²) in [5, 5.41) is 9.36. The Bertz CT molecular complexity index is 317. The fraction of sp³-hybridized carbons (Fsp3) is 0.222. The Kier molecular flexibility index (Phi) is 1.29. The average Bonchev–Trinajstić information content (AvgIpc) is 2.30. The fourth-order valence-corrected chi connectivity index (χ4v) is 1.37. The molecular formula is C9H9NO. The number of benzene rings is 1. The Morgan fingerprint density at radius 2 is 2.09 bits per heavy atom. The third-order valence-electron chi connectivity index (χ3n) is 1.94. The van der Waals surface area contributed by atoms with Crippen LogP contribution in [0.4, 0.5) is 0 Å². The molecule has 0 bridgehead atoms. The average molecular weight is 147 g/mol. The van der Waals surface area contributed by atoms with Crippen LogP contribution in [-0.2, 0) is 0 Å². The molecule has 1 aliphatic rings. The number of aliphatic hydroxyl groups is 1. The van der Waals surface area contributed by atoms with Gasteiger partial charge in [-0.3, -0.25) is 4.99 Å². The number of rotatable bonds is 0. The predicted octanol–water partition coefficient (Wildman–Crippen LogP) is 1.50. The van der Waals surface area contributed by atoms with Gasteiger partial charge >= 0.3 is 0 Å². The summed E-state index contributed by atoms with van der Waals surface area (Å²) in [5.74, 6) is 0. The van der Waals surface area contributed by atoms with Crippen molar-refractivity contribution in [1.29, 1.82) is 0 Å². The van der Waals surface area contributed by atoms with Crippen molar-refractivity contribution in [1.82, 2.24) is 0 Å². The Labute approximate surface area is 65.2 Å². The van der Waals surface area contributed by atoms with E-state index < -0.39 is 6.23 Å². The molecule has 0 aliphatic carbocycles. The van der Waals surface area contributed by atoms with E-state index in [0.29, 0.717) is 0 Å². The summed E-state index contributed by atoms with van der Waals surface area (Å²) in [6.07, 6.45) is -0.633. The molecule has 0 fully saturated rings. The van der Waals surface area contributed by atoms with Gasteiger partial charge in [-0.1, -0.05) is 24.3 Å². The zero-order chi connectivity index (χ0) is 7.84. The van der Waals surface area contributed by atoms with Crippen molar-refractivity contribution in [2.75, 3.05) is 0 Å². The first kappa shape index (κ1) is 6.55. The van der Waals surface area contributed by atoms with E-state index >= 15 is 0 Å². The number of hydrogen-bond acceptors (Lipinski definition) is 2. The minimum atomic E-state index is -0.633. The molecule has 2 rings (SSSR count). The molecular weight excluding hydrogens is 138 g/mol. The maximum Gasteiger partial charge on any atom is 0.172 e. The second-order valence-electron chi connectivity index (χ2n) is 2.68. The van der Waals surface area contributed by atoms with Gasteiger partial charge in [0.25, 0.3) is 0 Å². The first-order valence-corrected chi connectivity index (χ1v) is 3.61. The van der Waals surface area contributed by atoms with Crippen LogP contribution >= 0.6 is 0 Å². The smallest absolute Gasteiger partial charge is 0.172 e. The summed E-state index contributed by atoms with van der Waals surface area (Å²) in [7, 11) is 0. The molecule has 1 unspecified atom stereocenters. The quantitative estimate of drug-likeness (QED) is 0.592. The van der Waals surface area contributed by atoms with E-state index in [1.807, 2.05) is 31.2 Å². The SMILES string of the molecule is CC1=NC(O)c2ccccc21. The topological polar surface area (TPSA) is 32.6 Å². The lowest BCUT2D eigenvalue weighted by Crippen LogP contribution is -1.91. The third kappa shape index (κ3) is 0.870. The van der Waals surface area contributed by atoms with Gasteiger partial charge in [0.15, 0.2) is 6.23 Å². The lowest BCUT2D eigenvalue weighted by Gasteiger charge is -1.99. The second kappa shape index (κ2) is 2.17. The molecule has 0 amide bonds. The van der Waals surface area contributed by atoms with Crippen molar-refractivity contribution in [3.8, 4) is 0 Å². The van der Waals surface area contributed by atoms with Crippen molar-refractivity contribution in [2.24, 2.45) is 4.99 Å². The first-order valence-electron chi connectivity index (χ1n) is 3.61. The van der Waals surface area contributed by atoms with Gasteiger partial charge in [-0.05, 0) is 6.92 Å². The summed E-state index contributed by atoms with van der Waals surface area (Å²) >= 11 is 0. The van der Waals surface area contributed by atoms with Crippen LogP contribution < -0.4 is 0 Å². The summed E-state index contributed by atoms with van der Waals surface area (Å²) in [6.45, 7) is 1.91. The van der Waals surface area contributed by atoms with Gasteiger partial charge in [0.05, 0.1) is 0 Å². The maximum atomic E-state index is 9.36. The van der Waals surface area contributed by atoms with Crippen LogP contribution in [0.5, 0.6) is 0 Å². The molecule has 2 nitrogen and oxygen atoms in total. The van der Waals surface area contributed by atoms with Gasteiger partial charge in [-0.15, -0.1) is 0 Å². The standard InChI is InChI=1S/C9H9NO/c1-6-7-4-2-3-5-8(7)9(11)10-6/h2-5,9,11H,1H3. The van der Waals surface area contributed by atoms with Gasteiger partial charge in [0.1, 0.15) is 0 Å². The molecule has 1 aliphatic heterocycles. The van der Waals surface area contributed by atoms with Gasteiger partial charge < -0.3 is 5.11 Å². The largest absolute Gasteiger partial charge is 0.368 e. The van der Waals surface area contributed by atoms with Crippen molar-refractivity contribution in [3.05, 3.63) is 35.4 Å². The molecule has 0 radical (unpaired) electrons. The van der Waals surface area contributed by atoms with Crippen LogP contribution in [0.15, 0.2) is 29.3 Å². The van der Waals surface area contributed by atoms with Crippen LogP contribution in [0.3, 0.4) is 0 Å². The summed E-state index contributed by atoms with van der Waals surface area (Å²) < 4.78 is 0. The fourth-order valence-electron chi connectivity index (χ4n) is 1.37. The van der Waals surface area contributed by atoms with Crippen LogP contribution in [0.2, 0.25) is 0 Å². The minimum absolute atomic E-state index is 0.633. The highest BCUT2D eigenvalue weighted by atomic mass is 16.3. The van der Waals surface area contributed by atoms with Crippen LogP contribution in [0.1, 0.15) is 24.3 Å². The number of hydrogen-bond donors (Lipinski definition) is 1. The van der Waals surface area contributed by atoms with Crippen molar-refractivity contribution in [2.45, 2.75) is 13.2 Å². The van der Waals surface area contributed by atoms with Gasteiger partial charge in [-0.2, -0.15) is 0 Å². The molecule has 0 spiro atoms. The highest BCUT2D eigenvalue weighted by Crippen LogP contribution is 2.26. The van der Waals surface area contributed by atoms with Crippen LogP contribution in [-0.4, -0.2) is 10.8 Å². The van der Waals surface area contributed by atoms with E-state index in [-0.39, 0.29) is 0 Å². The molecule has 1 aromatic rings. The Hall–Kier alpha value is -1.15. The molecule has 56 valence electrons. The van der Waals surface area contributed by atoms with Gasteiger partial charge in [0, 0.05) is 16.8 Å².